The van der Waals surface area contributed by atoms with Gasteiger partial charge in [-0.1, -0.05) is 101 Å². The molecule has 0 bridgehead atoms. The fourth-order valence-electron chi connectivity index (χ4n) is 8.46. The van der Waals surface area contributed by atoms with Gasteiger partial charge in [-0.2, -0.15) is 10.0 Å². The first kappa shape index (κ1) is 31.8. The highest BCUT2D eigenvalue weighted by molar-refractivity contribution is 8.33. The van der Waals surface area contributed by atoms with Crippen molar-refractivity contribution in [1.29, 1.82) is 0 Å². The normalized spacial score (nSPS) is 17.1. The Labute approximate surface area is 302 Å². The number of carbonyl (C=O) groups excluding carboxylic acids is 2. The fourth-order valence-corrected chi connectivity index (χ4v) is 10.9. The van der Waals surface area contributed by atoms with Gasteiger partial charge in [0.1, 0.15) is 0 Å². The van der Waals surface area contributed by atoms with Gasteiger partial charge in [0, 0.05) is 32.0 Å². The highest BCUT2D eigenvalue weighted by Crippen LogP contribution is 2.69. The lowest BCUT2D eigenvalue weighted by Gasteiger charge is -2.46. The van der Waals surface area contributed by atoms with Crippen molar-refractivity contribution in [2.45, 2.75) is 55.2 Å². The Morgan fingerprint density at radius 3 is 1.94 bits per heavy atom. The van der Waals surface area contributed by atoms with Gasteiger partial charge in [0.15, 0.2) is 11.6 Å². The molecule has 0 atom stereocenters. The van der Waals surface area contributed by atoms with Crippen LogP contribution in [0.15, 0.2) is 131 Å². The molecule has 1 aliphatic heterocycles. The van der Waals surface area contributed by atoms with E-state index in [9.17, 15) is 9.59 Å². The highest BCUT2D eigenvalue weighted by atomic mass is 32.3. The van der Waals surface area contributed by atoms with Gasteiger partial charge in [0.25, 0.3) is 0 Å². The van der Waals surface area contributed by atoms with Gasteiger partial charge in [-0.15, -0.1) is 0 Å². The summed E-state index contributed by atoms with van der Waals surface area (Å²) in [4.78, 5) is 32.5. The van der Waals surface area contributed by atoms with Crippen molar-refractivity contribution >= 4 is 55.5 Å². The third-order valence-electron chi connectivity index (χ3n) is 11.4. The van der Waals surface area contributed by atoms with Gasteiger partial charge in [-0.3, -0.25) is 9.59 Å². The van der Waals surface area contributed by atoms with Crippen LogP contribution in [0.4, 0.5) is 17.1 Å². The van der Waals surface area contributed by atoms with Crippen LogP contribution >= 0.6 is 10.0 Å². The van der Waals surface area contributed by atoms with E-state index in [-0.39, 0.29) is 28.0 Å². The van der Waals surface area contributed by atoms with Crippen LogP contribution in [0.3, 0.4) is 0 Å². The molecule has 6 aromatic rings. The fraction of sp³-hybridized carbons (Fsp3) is 0.191. The molecule has 51 heavy (non-hydrogen) atoms. The summed E-state index contributed by atoms with van der Waals surface area (Å²) in [5, 5.41) is 1.93. The summed E-state index contributed by atoms with van der Waals surface area (Å²) in [6.45, 7) is 11.5. The molecule has 0 N–H and O–H groups in total. The largest absolute Gasteiger partial charge is 0.308 e. The molecular formula is C47H41NO2S. The number of benzene rings is 6. The number of hydrogen-bond donors (Lipinski definition) is 0. The molecule has 4 heteroatoms. The molecule has 0 fully saturated rings. The van der Waals surface area contributed by atoms with E-state index in [4.69, 9.17) is 0 Å². The molecule has 6 aromatic carbocycles. The number of anilines is 3. The Hall–Kier alpha value is -5.19. The summed E-state index contributed by atoms with van der Waals surface area (Å²) in [6.07, 6.45) is 6.58. The first-order valence-corrected chi connectivity index (χ1v) is 20.1. The van der Waals surface area contributed by atoms with Gasteiger partial charge in [0.2, 0.25) is 0 Å². The van der Waals surface area contributed by atoms with Crippen LogP contribution in [0, 0.1) is 0 Å². The molecule has 252 valence electrons. The predicted molar refractivity (Wildman–Crippen MR) is 214 cm³/mol. The van der Waals surface area contributed by atoms with Gasteiger partial charge in [-0.25, -0.2) is 0 Å². The standard InChI is InChI=1S/C47H41NO2S/c1-46(2,3)31-15-12-16-32(25-31)48-40-20-19-28(21-37-44(49)35-23-29-13-8-9-14-30(29)24-36(35)45(37)50)22-42(40)51(6,7)43-26-34-33-17-10-11-18-38(33)47(4,5)39(34)27-41(43)48/h8-27H,1-7H3. The van der Waals surface area contributed by atoms with Crippen molar-refractivity contribution in [2.24, 2.45) is 0 Å². The molecule has 0 saturated carbocycles. The number of allylic oxidation sites excluding steroid dienone is 1. The summed E-state index contributed by atoms with van der Waals surface area (Å²) in [5.74, 6) is -0.402. The van der Waals surface area contributed by atoms with Crippen LogP contribution in [0.25, 0.3) is 28.0 Å². The van der Waals surface area contributed by atoms with E-state index in [0.717, 1.165) is 27.7 Å². The Morgan fingerprint density at radius 2 is 1.25 bits per heavy atom. The SMILES string of the molecule is CC(C)(C)c1cccc(N2c3ccc(C=C4C(=O)c5cc6ccccc6cc5C4=O)cc3S(C)(C)c3cc4c(cc32)C(C)(C)c2ccccc2-4)c1. The number of fused-ring (bicyclic) bond motifs is 7. The van der Waals surface area contributed by atoms with E-state index >= 15 is 0 Å². The lowest BCUT2D eigenvalue weighted by molar-refractivity contribution is 0.0990. The maximum absolute atomic E-state index is 13.8. The smallest absolute Gasteiger partial charge is 0.197 e. The Morgan fingerprint density at radius 1 is 0.608 bits per heavy atom. The summed E-state index contributed by atoms with van der Waals surface area (Å²) in [5.41, 5.74) is 12.1. The van der Waals surface area contributed by atoms with Crippen LogP contribution < -0.4 is 4.90 Å². The lowest BCUT2D eigenvalue weighted by Crippen LogP contribution is -2.23. The topological polar surface area (TPSA) is 37.4 Å². The number of hydrogen-bond acceptors (Lipinski definition) is 3. The summed E-state index contributed by atoms with van der Waals surface area (Å²) >= 11 is 0. The molecule has 0 aromatic heterocycles. The van der Waals surface area contributed by atoms with E-state index in [1.807, 2.05) is 42.5 Å². The molecule has 0 unspecified atom stereocenters. The average molecular weight is 684 g/mol. The lowest BCUT2D eigenvalue weighted by atomic mass is 9.82. The average Bonchev–Trinajstić information content (AvgIpc) is 3.47. The van der Waals surface area contributed by atoms with Crippen LogP contribution in [0.5, 0.6) is 0 Å². The highest BCUT2D eigenvalue weighted by Gasteiger charge is 2.41. The first-order chi connectivity index (χ1) is 24.2. The zero-order valence-corrected chi connectivity index (χ0v) is 31.0. The molecule has 3 aliphatic rings. The third-order valence-corrected chi connectivity index (χ3v) is 14.2. The minimum atomic E-state index is -1.55. The Kier molecular flexibility index (Phi) is 6.64. The molecular weight excluding hydrogens is 643 g/mol. The molecule has 1 heterocycles. The van der Waals surface area contributed by atoms with Crippen molar-refractivity contribution in [3.8, 4) is 11.1 Å². The molecule has 0 amide bonds. The molecule has 0 radical (unpaired) electrons. The van der Waals surface area contributed by atoms with Crippen LogP contribution in [0.2, 0.25) is 0 Å². The van der Waals surface area contributed by atoms with E-state index < -0.39 is 10.0 Å². The van der Waals surface area contributed by atoms with E-state index in [0.29, 0.717) is 11.1 Å². The van der Waals surface area contributed by atoms with Gasteiger partial charge < -0.3 is 4.90 Å². The maximum atomic E-state index is 13.8. The molecule has 9 rings (SSSR count). The quantitative estimate of drug-likeness (QED) is 0.135. The van der Waals surface area contributed by atoms with E-state index in [1.165, 1.54) is 43.3 Å². The minimum absolute atomic E-state index is 0.0105. The number of ketones is 2. The van der Waals surface area contributed by atoms with Gasteiger partial charge >= 0.3 is 0 Å². The van der Waals surface area contributed by atoms with Gasteiger partial charge in [0.05, 0.1) is 16.9 Å². The van der Waals surface area contributed by atoms with Crippen molar-refractivity contribution < 1.29 is 9.59 Å². The van der Waals surface area contributed by atoms with Crippen LogP contribution in [-0.4, -0.2) is 24.1 Å². The second-order valence-electron chi connectivity index (χ2n) is 16.2. The maximum Gasteiger partial charge on any atom is 0.197 e. The van der Waals surface area contributed by atoms with Crippen LogP contribution in [-0.2, 0) is 10.8 Å². The molecule has 0 spiro atoms. The van der Waals surface area contributed by atoms with Crippen molar-refractivity contribution in [3.63, 3.8) is 0 Å². The summed E-state index contributed by atoms with van der Waals surface area (Å²) in [6, 6.07) is 40.8. The number of Topliss-reactive ketones (excluding diaryl/α,β-unsaturated/α-hetero) is 2. The predicted octanol–water partition coefficient (Wildman–Crippen LogP) is 12.2. The van der Waals surface area contributed by atoms with Gasteiger partial charge in [-0.05, 0) is 117 Å². The van der Waals surface area contributed by atoms with Crippen molar-refractivity contribution in [2.75, 3.05) is 17.4 Å². The zero-order valence-electron chi connectivity index (χ0n) is 30.2. The number of carbonyl (C=O) groups is 2. The molecule has 0 saturated heterocycles. The third kappa shape index (κ3) is 4.59. The Balaban J connectivity index is 1.24. The first-order valence-electron chi connectivity index (χ1n) is 17.7. The summed E-state index contributed by atoms with van der Waals surface area (Å²) < 4.78 is 0. The van der Waals surface area contributed by atoms with Crippen LogP contribution in [0.1, 0.15) is 77.6 Å². The van der Waals surface area contributed by atoms with Crippen molar-refractivity contribution in [1.82, 2.24) is 0 Å². The second-order valence-corrected chi connectivity index (χ2v) is 19.7. The zero-order chi connectivity index (χ0) is 35.6. The monoisotopic (exact) mass is 683 g/mol. The van der Waals surface area contributed by atoms with E-state index in [1.54, 1.807) is 0 Å². The summed E-state index contributed by atoms with van der Waals surface area (Å²) in [7, 11) is -1.55. The number of nitrogens with zero attached hydrogens (tertiary/aromatic N) is 1. The number of rotatable bonds is 2. The molecule has 3 nitrogen and oxygen atoms in total. The molecule has 2 aliphatic carbocycles. The van der Waals surface area contributed by atoms with E-state index in [2.05, 4.69) is 131 Å². The second kappa shape index (κ2) is 10.7. The van der Waals surface area contributed by atoms with Crippen molar-refractivity contribution in [3.05, 3.63) is 154 Å². The Bertz CT molecular complexity index is 2510. The minimum Gasteiger partial charge on any atom is -0.308 e.